The van der Waals surface area contributed by atoms with Crippen LogP contribution in [-0.4, -0.2) is 73.4 Å². The maximum Gasteiger partial charge on any atom is 0.472 e. The molecular weight excluding hydrogens is 816 g/mol. The molecule has 0 spiro atoms. The van der Waals surface area contributed by atoms with Gasteiger partial charge < -0.3 is 19.8 Å². The van der Waals surface area contributed by atoms with E-state index in [-0.39, 0.29) is 19.1 Å². The Hall–Kier alpha value is -0.760. The van der Waals surface area contributed by atoms with Crippen LogP contribution in [0.4, 0.5) is 0 Å². The van der Waals surface area contributed by atoms with Crippen molar-refractivity contribution in [1.82, 2.24) is 5.32 Å². The third kappa shape index (κ3) is 49.2. The number of phosphoric ester groups is 1. The van der Waals surface area contributed by atoms with Gasteiger partial charge in [-0.3, -0.25) is 13.8 Å². The molecule has 0 aromatic carbocycles. The zero-order chi connectivity index (χ0) is 47.1. The second-order valence-corrected chi connectivity index (χ2v) is 22.1. The SMILES string of the molecule is CCCCCCCC/C=C\CCCCCCCCCCCC(=O)NC(COP(=O)(O)OCC[N+](C)(C)C)C(O)CCCCCCCCCCCCCCCCCCCCCCCCC. The number of allylic oxidation sites excluding steroid dienone is 2. The van der Waals surface area contributed by atoms with E-state index >= 15 is 0 Å². The molecule has 3 atom stereocenters. The molecule has 3 unspecified atom stereocenters. The highest BCUT2D eigenvalue weighted by Crippen LogP contribution is 2.43. The van der Waals surface area contributed by atoms with Gasteiger partial charge in [-0.2, -0.15) is 0 Å². The van der Waals surface area contributed by atoms with Crippen molar-refractivity contribution >= 4 is 13.7 Å². The molecule has 0 heterocycles. The third-order valence-corrected chi connectivity index (χ3v) is 14.0. The molecule has 0 radical (unpaired) electrons. The lowest BCUT2D eigenvalue weighted by molar-refractivity contribution is -0.870. The van der Waals surface area contributed by atoms with Crippen molar-refractivity contribution in [3.63, 3.8) is 0 Å². The number of phosphoric acid groups is 1. The molecule has 382 valence electrons. The highest BCUT2D eigenvalue weighted by Gasteiger charge is 2.28. The number of carbonyl (C=O) groups excluding carboxylic acids is 1. The molecule has 0 saturated heterocycles. The van der Waals surface area contributed by atoms with E-state index in [2.05, 4.69) is 31.3 Å². The molecule has 0 bridgehead atoms. The van der Waals surface area contributed by atoms with Gasteiger partial charge in [-0.25, -0.2) is 4.57 Å². The Bertz CT molecular complexity index is 1050. The van der Waals surface area contributed by atoms with Crippen molar-refractivity contribution in [2.45, 2.75) is 296 Å². The first kappa shape index (κ1) is 63.2. The van der Waals surface area contributed by atoms with Crippen molar-refractivity contribution in [2.75, 3.05) is 40.9 Å². The Kier molecular flexibility index (Phi) is 46.8. The Morgan fingerprint density at radius 1 is 0.516 bits per heavy atom. The first-order chi connectivity index (χ1) is 31.0. The number of likely N-dealkylation sites (N-methyl/N-ethyl adjacent to an activating group) is 1. The Balaban J connectivity index is 4.17. The number of amides is 1. The molecule has 0 aromatic rings. The van der Waals surface area contributed by atoms with Crippen LogP contribution in [0.25, 0.3) is 0 Å². The van der Waals surface area contributed by atoms with Gasteiger partial charge in [-0.05, 0) is 38.5 Å². The van der Waals surface area contributed by atoms with E-state index in [1.54, 1.807) is 0 Å². The highest BCUT2D eigenvalue weighted by molar-refractivity contribution is 7.47. The lowest BCUT2D eigenvalue weighted by atomic mass is 10.0. The van der Waals surface area contributed by atoms with E-state index in [0.717, 1.165) is 38.5 Å². The van der Waals surface area contributed by atoms with Crippen LogP contribution in [0.1, 0.15) is 284 Å². The van der Waals surface area contributed by atoms with E-state index in [4.69, 9.17) is 9.05 Å². The van der Waals surface area contributed by atoms with Crippen LogP contribution in [0, 0.1) is 0 Å². The molecule has 0 rings (SSSR count). The lowest BCUT2D eigenvalue weighted by Gasteiger charge is -2.26. The van der Waals surface area contributed by atoms with Gasteiger partial charge in [0.1, 0.15) is 13.2 Å². The molecule has 8 nitrogen and oxygen atoms in total. The molecule has 0 aliphatic carbocycles. The van der Waals surface area contributed by atoms with Crippen molar-refractivity contribution in [2.24, 2.45) is 0 Å². The zero-order valence-electron chi connectivity index (χ0n) is 43.6. The Morgan fingerprint density at radius 2 is 0.844 bits per heavy atom. The van der Waals surface area contributed by atoms with E-state index in [0.29, 0.717) is 23.9 Å². The number of hydrogen-bond donors (Lipinski definition) is 3. The van der Waals surface area contributed by atoms with Crippen molar-refractivity contribution in [3.05, 3.63) is 12.2 Å². The summed E-state index contributed by atoms with van der Waals surface area (Å²) >= 11 is 0. The summed E-state index contributed by atoms with van der Waals surface area (Å²) in [6, 6.07) is -0.759. The molecule has 64 heavy (non-hydrogen) atoms. The van der Waals surface area contributed by atoms with Crippen LogP contribution >= 0.6 is 7.82 Å². The molecule has 3 N–H and O–H groups in total. The first-order valence-electron chi connectivity index (χ1n) is 28.1. The third-order valence-electron chi connectivity index (χ3n) is 13.0. The van der Waals surface area contributed by atoms with Gasteiger partial charge in [-0.15, -0.1) is 0 Å². The number of rotatable bonds is 52. The number of nitrogens with one attached hydrogen (secondary N) is 1. The van der Waals surface area contributed by atoms with Gasteiger partial charge >= 0.3 is 7.82 Å². The van der Waals surface area contributed by atoms with E-state index in [9.17, 15) is 19.4 Å². The number of nitrogens with zero attached hydrogens (tertiary/aromatic N) is 1. The van der Waals surface area contributed by atoms with Crippen LogP contribution in [-0.2, 0) is 18.4 Å². The number of unbranched alkanes of at least 4 members (excludes halogenated alkanes) is 37. The largest absolute Gasteiger partial charge is 0.472 e. The smallest absolute Gasteiger partial charge is 0.391 e. The lowest BCUT2D eigenvalue weighted by Crippen LogP contribution is -2.46. The number of hydrogen-bond acceptors (Lipinski definition) is 5. The van der Waals surface area contributed by atoms with Gasteiger partial charge in [0.2, 0.25) is 5.91 Å². The normalized spacial score (nSPS) is 14.0. The van der Waals surface area contributed by atoms with Gasteiger partial charge in [0, 0.05) is 6.42 Å². The summed E-state index contributed by atoms with van der Waals surface area (Å²) in [4.78, 5) is 23.3. The average molecular weight is 928 g/mol. The minimum Gasteiger partial charge on any atom is -0.391 e. The molecule has 1 amide bonds. The fourth-order valence-corrected chi connectivity index (χ4v) is 9.31. The van der Waals surface area contributed by atoms with E-state index < -0.39 is 20.0 Å². The molecular formula is C55H112N2O6P+. The van der Waals surface area contributed by atoms with Gasteiger partial charge in [0.05, 0.1) is 39.9 Å². The van der Waals surface area contributed by atoms with Crippen molar-refractivity contribution in [3.8, 4) is 0 Å². The van der Waals surface area contributed by atoms with Crippen LogP contribution in [0.5, 0.6) is 0 Å². The molecule has 0 fully saturated rings. The average Bonchev–Trinajstić information content (AvgIpc) is 3.25. The molecule has 0 saturated carbocycles. The van der Waals surface area contributed by atoms with Gasteiger partial charge in [-0.1, -0.05) is 251 Å². The molecule has 0 aliphatic rings. The minimum atomic E-state index is -4.32. The molecule has 9 heteroatoms. The number of aliphatic hydroxyl groups excluding tert-OH is 1. The summed E-state index contributed by atoms with van der Waals surface area (Å²) in [6.07, 6.45) is 56.8. The fraction of sp³-hybridized carbons (Fsp3) is 0.945. The maximum atomic E-state index is 13.0. The molecule has 0 aromatic heterocycles. The quantitative estimate of drug-likeness (QED) is 0.0243. The standard InChI is InChI=1S/C55H111N2O6P/c1-6-8-10-12-14-16-18-20-22-24-26-27-28-29-31-32-34-36-38-40-42-44-46-48-54(58)53(52-63-64(60,61)62-51-50-57(3,4)5)56-55(59)49-47-45-43-41-39-37-35-33-30-25-23-21-19-17-15-13-11-9-7-2/h21,23,53-54,58H,6-20,22,24-52H2,1-5H3,(H-,56,59,60,61)/p+1/b23-21-. The molecule has 0 aliphatic heterocycles. The topological polar surface area (TPSA) is 105 Å². The zero-order valence-corrected chi connectivity index (χ0v) is 44.4. The summed E-state index contributed by atoms with van der Waals surface area (Å²) in [5.41, 5.74) is 0. The second-order valence-electron chi connectivity index (χ2n) is 20.7. The maximum absolute atomic E-state index is 13.0. The monoisotopic (exact) mass is 928 g/mol. The first-order valence-corrected chi connectivity index (χ1v) is 29.5. The summed E-state index contributed by atoms with van der Waals surface area (Å²) < 4.78 is 23.8. The predicted octanol–water partition coefficient (Wildman–Crippen LogP) is 16.7. The van der Waals surface area contributed by atoms with Crippen LogP contribution in [0.2, 0.25) is 0 Å². The Labute approximate surface area is 399 Å². The summed E-state index contributed by atoms with van der Waals surface area (Å²) in [6.45, 7) is 4.92. The Morgan fingerprint density at radius 3 is 1.20 bits per heavy atom. The number of aliphatic hydroxyl groups is 1. The van der Waals surface area contributed by atoms with Crippen LogP contribution < -0.4 is 5.32 Å². The minimum absolute atomic E-state index is 0.0767. The summed E-state index contributed by atoms with van der Waals surface area (Å²) in [7, 11) is 1.63. The van der Waals surface area contributed by atoms with E-state index in [1.807, 2.05) is 21.1 Å². The number of quaternary nitrogens is 1. The van der Waals surface area contributed by atoms with E-state index in [1.165, 1.54) is 218 Å². The second kappa shape index (κ2) is 47.3. The fourth-order valence-electron chi connectivity index (χ4n) is 8.57. The van der Waals surface area contributed by atoms with Crippen LogP contribution in [0.15, 0.2) is 12.2 Å². The van der Waals surface area contributed by atoms with Gasteiger partial charge in [0.25, 0.3) is 0 Å². The van der Waals surface area contributed by atoms with Crippen molar-refractivity contribution in [1.29, 1.82) is 0 Å². The summed E-state index contributed by atoms with van der Waals surface area (Å²) in [5, 5.41) is 14.1. The number of carbonyl (C=O) groups is 1. The van der Waals surface area contributed by atoms with Gasteiger partial charge in [0.15, 0.2) is 0 Å². The van der Waals surface area contributed by atoms with Crippen molar-refractivity contribution < 1.29 is 32.9 Å². The highest BCUT2D eigenvalue weighted by atomic mass is 31.2. The summed E-state index contributed by atoms with van der Waals surface area (Å²) in [5.74, 6) is -0.142. The predicted molar refractivity (Wildman–Crippen MR) is 277 cm³/mol. The van der Waals surface area contributed by atoms with Crippen LogP contribution in [0.3, 0.4) is 0 Å².